The first-order valence-electron chi connectivity index (χ1n) is 15.5. The number of fused-ring (bicyclic) bond motifs is 1. The third-order valence-electron chi connectivity index (χ3n) is 9.58. The molecule has 4 fully saturated rings. The van der Waals surface area contributed by atoms with Crippen LogP contribution in [-0.2, 0) is 16.1 Å². The zero-order valence-electron chi connectivity index (χ0n) is 24.8. The minimum atomic E-state index is 0.0128. The van der Waals surface area contributed by atoms with Crippen LogP contribution in [0.3, 0.4) is 0 Å². The highest BCUT2D eigenvalue weighted by molar-refractivity contribution is 7.99. The van der Waals surface area contributed by atoms with Gasteiger partial charge in [0.1, 0.15) is 6.79 Å². The molecule has 8 nitrogen and oxygen atoms in total. The predicted molar refractivity (Wildman–Crippen MR) is 163 cm³/mol. The normalized spacial score (nSPS) is 26.1. The van der Waals surface area contributed by atoms with Gasteiger partial charge in [-0.15, -0.1) is 11.8 Å². The molecular weight excluding hydrogens is 536 g/mol. The van der Waals surface area contributed by atoms with E-state index in [0.717, 1.165) is 66.9 Å². The Morgan fingerprint density at radius 3 is 2.37 bits per heavy atom. The molecule has 1 aromatic carbocycles. The van der Waals surface area contributed by atoms with Gasteiger partial charge in [-0.3, -0.25) is 9.59 Å². The molecule has 1 aliphatic heterocycles. The van der Waals surface area contributed by atoms with Crippen LogP contribution >= 0.6 is 11.8 Å². The molecule has 1 unspecified atom stereocenters. The van der Waals surface area contributed by atoms with Crippen molar-refractivity contribution in [2.24, 2.45) is 17.8 Å². The lowest BCUT2D eigenvalue weighted by atomic mass is 9.53. The second-order valence-corrected chi connectivity index (χ2v) is 13.8. The van der Waals surface area contributed by atoms with E-state index in [-0.39, 0.29) is 29.4 Å². The SMILES string of the molecule is C=O.CNC(=O)CCC(C)N1Cc2c(SCCCCCCNC(=O)NC34CC5CC(CC(C5)C3)C4)cccc2C1=O. The van der Waals surface area contributed by atoms with E-state index in [1.54, 1.807) is 7.05 Å². The molecule has 6 rings (SSSR count). The Morgan fingerprint density at radius 2 is 1.71 bits per heavy atom. The predicted octanol–water partition coefficient (Wildman–Crippen LogP) is 5.29. The van der Waals surface area contributed by atoms with Gasteiger partial charge in [0.05, 0.1) is 0 Å². The number of urea groups is 1. The number of hydrogen-bond donors (Lipinski definition) is 3. The number of nitrogens with one attached hydrogen (secondary N) is 3. The van der Waals surface area contributed by atoms with Crippen LogP contribution in [0.5, 0.6) is 0 Å². The molecule has 0 saturated heterocycles. The van der Waals surface area contributed by atoms with Crippen LogP contribution in [0.2, 0.25) is 0 Å². The summed E-state index contributed by atoms with van der Waals surface area (Å²) in [5.41, 5.74) is 2.03. The van der Waals surface area contributed by atoms with Crippen molar-refractivity contribution in [1.82, 2.24) is 20.9 Å². The number of carbonyl (C=O) groups excluding carboxylic acids is 4. The van der Waals surface area contributed by atoms with Crippen molar-refractivity contribution in [2.75, 3.05) is 19.3 Å². The van der Waals surface area contributed by atoms with E-state index in [2.05, 4.69) is 22.0 Å². The number of benzene rings is 1. The zero-order chi connectivity index (χ0) is 29.4. The third kappa shape index (κ3) is 7.85. The summed E-state index contributed by atoms with van der Waals surface area (Å²) < 4.78 is 0. The Kier molecular flexibility index (Phi) is 11.1. The maximum atomic E-state index is 13.0. The number of rotatable bonds is 13. The molecule has 4 amide bonds. The average molecular weight is 585 g/mol. The number of amides is 4. The maximum absolute atomic E-state index is 13.0. The fourth-order valence-electron chi connectivity index (χ4n) is 7.95. The molecule has 1 aromatic rings. The monoisotopic (exact) mass is 584 g/mol. The van der Waals surface area contributed by atoms with Crippen molar-refractivity contribution in [3.05, 3.63) is 29.3 Å². The van der Waals surface area contributed by atoms with Crippen LogP contribution in [0.15, 0.2) is 23.1 Å². The first-order valence-corrected chi connectivity index (χ1v) is 16.5. The lowest BCUT2D eigenvalue weighted by Gasteiger charge is -2.56. The fraction of sp³-hybridized carbons (Fsp3) is 0.688. The molecule has 4 aliphatic carbocycles. The van der Waals surface area contributed by atoms with Crippen LogP contribution < -0.4 is 16.0 Å². The van der Waals surface area contributed by atoms with E-state index in [9.17, 15) is 14.4 Å². The van der Waals surface area contributed by atoms with Gasteiger partial charge in [0, 0.05) is 48.6 Å². The fourth-order valence-corrected chi connectivity index (χ4v) is 9.04. The molecule has 226 valence electrons. The molecule has 41 heavy (non-hydrogen) atoms. The molecule has 1 atom stereocenters. The zero-order valence-corrected chi connectivity index (χ0v) is 25.7. The second kappa shape index (κ2) is 14.6. The standard InChI is InChI=1S/C31H46N4O3S.CH2O/c1-21(10-11-28(36)32-2)35-20-26-25(29(35)37)8-7-9-27(26)39-13-6-4-3-5-12-33-30(38)34-31-17-22-14-23(18-31)16-24(15-22)19-31;1-2/h7-9,21-24H,3-6,10-20H2,1-2H3,(H,32,36)(H2,33,34,38);1H2. The number of unbranched alkanes of at least 4 members (excludes halogenated alkanes) is 3. The smallest absolute Gasteiger partial charge is 0.315 e. The van der Waals surface area contributed by atoms with E-state index in [1.807, 2.05) is 42.5 Å². The van der Waals surface area contributed by atoms with Crippen LogP contribution in [0.25, 0.3) is 0 Å². The van der Waals surface area contributed by atoms with Crippen molar-refractivity contribution in [3.8, 4) is 0 Å². The Balaban J connectivity index is 0.00000189. The van der Waals surface area contributed by atoms with Crippen molar-refractivity contribution in [1.29, 1.82) is 0 Å². The van der Waals surface area contributed by atoms with Gasteiger partial charge in [0.2, 0.25) is 5.91 Å². The maximum Gasteiger partial charge on any atom is 0.315 e. The molecule has 0 radical (unpaired) electrons. The van der Waals surface area contributed by atoms with Crippen molar-refractivity contribution in [3.63, 3.8) is 0 Å². The highest BCUT2D eigenvalue weighted by Crippen LogP contribution is 2.55. The van der Waals surface area contributed by atoms with Gasteiger partial charge in [0.15, 0.2) is 0 Å². The summed E-state index contributed by atoms with van der Waals surface area (Å²) in [4.78, 5) is 48.3. The molecule has 0 spiro atoms. The van der Waals surface area contributed by atoms with Gasteiger partial charge in [-0.25, -0.2) is 4.79 Å². The highest BCUT2D eigenvalue weighted by atomic mass is 32.2. The van der Waals surface area contributed by atoms with Crippen molar-refractivity contribution in [2.45, 2.75) is 107 Å². The van der Waals surface area contributed by atoms with Crippen molar-refractivity contribution >= 4 is 36.4 Å². The molecular formula is C32H48N4O4S. The van der Waals surface area contributed by atoms with Gasteiger partial charge >= 0.3 is 6.03 Å². The molecule has 9 heteroatoms. The quantitative estimate of drug-likeness (QED) is 0.216. The molecule has 0 aromatic heterocycles. The minimum absolute atomic E-state index is 0.0128. The summed E-state index contributed by atoms with van der Waals surface area (Å²) in [6, 6.07) is 6.11. The van der Waals surface area contributed by atoms with E-state index < -0.39 is 0 Å². The lowest BCUT2D eigenvalue weighted by molar-refractivity contribution is -0.120. The first-order chi connectivity index (χ1) is 19.9. The van der Waals surface area contributed by atoms with Gasteiger partial charge in [-0.05, 0) is 106 Å². The van der Waals surface area contributed by atoms with Crippen molar-refractivity contribution < 1.29 is 19.2 Å². The van der Waals surface area contributed by atoms with Crippen LogP contribution in [-0.4, -0.2) is 60.5 Å². The molecule has 4 saturated carbocycles. The van der Waals surface area contributed by atoms with E-state index in [1.165, 1.54) is 43.4 Å². The summed E-state index contributed by atoms with van der Waals surface area (Å²) in [5.74, 6) is 3.64. The molecule has 5 aliphatic rings. The highest BCUT2D eigenvalue weighted by Gasteiger charge is 2.51. The Bertz CT molecular complexity index is 1040. The number of carbonyl (C=O) groups is 4. The van der Waals surface area contributed by atoms with Gasteiger partial charge in [-0.1, -0.05) is 18.9 Å². The Morgan fingerprint density at radius 1 is 1.05 bits per heavy atom. The number of thioether (sulfide) groups is 1. The molecule has 1 heterocycles. The van der Waals surface area contributed by atoms with Gasteiger partial charge < -0.3 is 25.6 Å². The third-order valence-corrected chi connectivity index (χ3v) is 10.8. The summed E-state index contributed by atoms with van der Waals surface area (Å²) in [5, 5.41) is 9.18. The first kappa shape index (κ1) is 31.4. The average Bonchev–Trinajstić information content (AvgIpc) is 3.30. The number of nitrogens with zero attached hydrogens (tertiary/aromatic N) is 1. The van der Waals surface area contributed by atoms with Crippen LogP contribution in [0.4, 0.5) is 4.79 Å². The van der Waals surface area contributed by atoms with Gasteiger partial charge in [0.25, 0.3) is 5.91 Å². The van der Waals surface area contributed by atoms with Crippen LogP contribution in [0.1, 0.15) is 99.9 Å². The minimum Gasteiger partial charge on any atom is -0.359 e. The molecule has 3 N–H and O–H groups in total. The summed E-state index contributed by atoms with van der Waals surface area (Å²) in [6.07, 6.45) is 13.2. The Hall–Kier alpha value is -2.55. The summed E-state index contributed by atoms with van der Waals surface area (Å²) in [7, 11) is 1.65. The Labute approximate surface area is 249 Å². The second-order valence-electron chi connectivity index (χ2n) is 12.6. The number of hydrogen-bond acceptors (Lipinski definition) is 5. The lowest BCUT2D eigenvalue weighted by Crippen LogP contribution is -2.61. The topological polar surface area (TPSA) is 108 Å². The van der Waals surface area contributed by atoms with E-state index in [4.69, 9.17) is 4.79 Å². The van der Waals surface area contributed by atoms with Gasteiger partial charge in [-0.2, -0.15) is 0 Å². The van der Waals surface area contributed by atoms with Crippen LogP contribution in [0, 0.1) is 17.8 Å². The summed E-state index contributed by atoms with van der Waals surface area (Å²) >= 11 is 1.84. The molecule has 4 bridgehead atoms. The van der Waals surface area contributed by atoms with E-state index >= 15 is 0 Å². The summed E-state index contributed by atoms with van der Waals surface area (Å²) in [6.45, 7) is 5.40. The van der Waals surface area contributed by atoms with E-state index in [0.29, 0.717) is 19.4 Å². The largest absolute Gasteiger partial charge is 0.359 e.